The minimum atomic E-state index is 0.738. The summed E-state index contributed by atoms with van der Waals surface area (Å²) in [6.45, 7) is 1.06. The summed E-state index contributed by atoms with van der Waals surface area (Å²) in [4.78, 5) is 0. The summed E-state index contributed by atoms with van der Waals surface area (Å²) >= 11 is 3.28. The quantitative estimate of drug-likeness (QED) is 0.538. The molecule has 66 valence electrons. The van der Waals surface area contributed by atoms with Crippen LogP contribution in [0.1, 0.15) is 11.1 Å². The lowest BCUT2D eigenvalue weighted by atomic mass is 10.1. The van der Waals surface area contributed by atoms with Crippen LogP contribution in [0.3, 0.4) is 0 Å². The van der Waals surface area contributed by atoms with Crippen LogP contribution in [0.25, 0.3) is 0 Å². The second-order valence-corrected chi connectivity index (χ2v) is 3.54. The average Bonchev–Trinajstić information content (AvgIpc) is 2.61. The molecule has 2 heteroatoms. The number of nitrogens with one attached hydrogen (secondary N) is 1. The molecule has 1 aromatic rings. The summed E-state index contributed by atoms with van der Waals surface area (Å²) in [7, 11) is 0. The van der Waals surface area contributed by atoms with Crippen LogP contribution in [0.5, 0.6) is 0 Å². The maximum absolute atomic E-state index is 3.33. The zero-order valence-electron chi connectivity index (χ0n) is 7.23. The predicted octanol–water partition coefficient (Wildman–Crippen LogP) is 2.40. The van der Waals surface area contributed by atoms with Gasteiger partial charge in [0.05, 0.1) is 5.33 Å². The molecule has 0 amide bonds. The van der Waals surface area contributed by atoms with Crippen molar-refractivity contribution in [1.29, 1.82) is 0 Å². The molecule has 0 radical (unpaired) electrons. The fourth-order valence-corrected chi connectivity index (χ4v) is 1.66. The first-order valence-corrected chi connectivity index (χ1v) is 5.44. The zero-order chi connectivity index (χ0) is 9.10. The zero-order valence-corrected chi connectivity index (χ0v) is 8.82. The highest BCUT2D eigenvalue weighted by Gasteiger charge is 2.08. The van der Waals surface area contributed by atoms with Crippen molar-refractivity contribution in [2.24, 2.45) is 0 Å². The Morgan fingerprint density at radius 1 is 1.46 bits per heavy atom. The van der Waals surface area contributed by atoms with Crippen molar-refractivity contribution in [3.8, 4) is 11.8 Å². The summed E-state index contributed by atoms with van der Waals surface area (Å²) in [5.74, 6) is 6.10. The number of halogens is 1. The van der Waals surface area contributed by atoms with Gasteiger partial charge in [-0.15, -0.1) is 0 Å². The minimum absolute atomic E-state index is 0.738. The summed E-state index contributed by atoms with van der Waals surface area (Å²) in [6.07, 6.45) is 1.12. The van der Waals surface area contributed by atoms with E-state index in [-0.39, 0.29) is 0 Å². The van der Waals surface area contributed by atoms with E-state index in [2.05, 4.69) is 51.3 Å². The molecule has 0 bridgehead atoms. The smallest absolute Gasteiger partial charge is 0.0649 e. The van der Waals surface area contributed by atoms with E-state index >= 15 is 0 Å². The molecule has 2 rings (SSSR count). The Labute approximate surface area is 86.7 Å². The van der Waals surface area contributed by atoms with Gasteiger partial charge in [0, 0.05) is 17.8 Å². The average molecular weight is 236 g/mol. The van der Waals surface area contributed by atoms with Crippen LogP contribution in [0.2, 0.25) is 0 Å². The van der Waals surface area contributed by atoms with E-state index in [0.29, 0.717) is 0 Å². The lowest BCUT2D eigenvalue weighted by molar-refractivity contribution is 1.11. The van der Waals surface area contributed by atoms with Gasteiger partial charge in [-0.1, -0.05) is 27.8 Å². The summed E-state index contributed by atoms with van der Waals surface area (Å²) in [6, 6.07) is 6.35. The number of anilines is 1. The van der Waals surface area contributed by atoms with Crippen LogP contribution >= 0.6 is 15.9 Å². The second-order valence-electron chi connectivity index (χ2n) is 2.98. The van der Waals surface area contributed by atoms with Gasteiger partial charge in [-0.3, -0.25) is 0 Å². The van der Waals surface area contributed by atoms with Crippen molar-refractivity contribution in [2.45, 2.75) is 6.42 Å². The van der Waals surface area contributed by atoms with E-state index in [1.807, 2.05) is 0 Å². The van der Waals surface area contributed by atoms with E-state index in [4.69, 9.17) is 0 Å². The van der Waals surface area contributed by atoms with Gasteiger partial charge in [-0.05, 0) is 30.2 Å². The number of alkyl halides is 1. The molecule has 1 aliphatic heterocycles. The fourth-order valence-electron chi connectivity index (χ4n) is 1.52. The molecule has 0 aromatic heterocycles. The number of rotatable bonds is 0. The second kappa shape index (κ2) is 3.85. The van der Waals surface area contributed by atoms with Gasteiger partial charge in [-0.25, -0.2) is 0 Å². The Bertz CT molecular complexity index is 373. The normalized spacial score (nSPS) is 12.7. The van der Waals surface area contributed by atoms with Crippen LogP contribution in [0, 0.1) is 11.8 Å². The highest BCUT2D eigenvalue weighted by Crippen LogP contribution is 2.22. The SMILES string of the molecule is BrCC#Cc1ccc2c(c1)CCN2. The summed E-state index contributed by atoms with van der Waals surface area (Å²) < 4.78 is 0. The lowest BCUT2D eigenvalue weighted by Crippen LogP contribution is -1.90. The van der Waals surface area contributed by atoms with E-state index in [0.717, 1.165) is 23.9 Å². The fraction of sp³-hybridized carbons (Fsp3) is 0.273. The third-order valence-electron chi connectivity index (χ3n) is 2.11. The van der Waals surface area contributed by atoms with E-state index in [1.54, 1.807) is 0 Å². The van der Waals surface area contributed by atoms with Gasteiger partial charge in [0.2, 0.25) is 0 Å². The molecular formula is C11H10BrN. The van der Waals surface area contributed by atoms with E-state index in [9.17, 15) is 0 Å². The standard InChI is InChI=1S/C11H10BrN/c12-6-1-2-9-3-4-11-10(8-9)5-7-13-11/h3-4,8,13H,5-7H2. The monoisotopic (exact) mass is 235 g/mol. The lowest BCUT2D eigenvalue weighted by Gasteiger charge is -1.98. The van der Waals surface area contributed by atoms with Crippen LogP contribution in [-0.4, -0.2) is 11.9 Å². The van der Waals surface area contributed by atoms with Crippen LogP contribution in [-0.2, 0) is 6.42 Å². The Balaban J connectivity index is 2.31. The van der Waals surface area contributed by atoms with Gasteiger partial charge >= 0.3 is 0 Å². The number of fused-ring (bicyclic) bond motifs is 1. The molecule has 1 N–H and O–H groups in total. The first-order valence-electron chi connectivity index (χ1n) is 4.32. The third kappa shape index (κ3) is 1.87. The molecule has 0 spiro atoms. The number of hydrogen-bond donors (Lipinski definition) is 1. The molecule has 1 aliphatic rings. The first-order chi connectivity index (χ1) is 6.40. The Morgan fingerprint density at radius 2 is 2.38 bits per heavy atom. The van der Waals surface area contributed by atoms with Gasteiger partial charge in [0.1, 0.15) is 0 Å². The molecule has 0 aliphatic carbocycles. The van der Waals surface area contributed by atoms with Crippen molar-refractivity contribution < 1.29 is 0 Å². The topological polar surface area (TPSA) is 12.0 Å². The summed E-state index contributed by atoms with van der Waals surface area (Å²) in [5, 5.41) is 4.06. The van der Waals surface area contributed by atoms with Crippen molar-refractivity contribution in [3.63, 3.8) is 0 Å². The van der Waals surface area contributed by atoms with Crippen molar-refractivity contribution in [3.05, 3.63) is 29.3 Å². The number of hydrogen-bond acceptors (Lipinski definition) is 1. The van der Waals surface area contributed by atoms with Gasteiger partial charge < -0.3 is 5.32 Å². The van der Waals surface area contributed by atoms with E-state index in [1.165, 1.54) is 11.3 Å². The number of benzene rings is 1. The van der Waals surface area contributed by atoms with Gasteiger partial charge in [0.25, 0.3) is 0 Å². The molecule has 1 nitrogen and oxygen atoms in total. The maximum atomic E-state index is 3.33. The molecular weight excluding hydrogens is 226 g/mol. The molecule has 13 heavy (non-hydrogen) atoms. The highest BCUT2D eigenvalue weighted by atomic mass is 79.9. The molecule has 1 aromatic carbocycles. The predicted molar refractivity (Wildman–Crippen MR) is 59.3 cm³/mol. The molecule has 0 saturated heterocycles. The van der Waals surface area contributed by atoms with Crippen molar-refractivity contribution in [1.82, 2.24) is 0 Å². The molecule has 0 saturated carbocycles. The van der Waals surface area contributed by atoms with Gasteiger partial charge in [0.15, 0.2) is 0 Å². The molecule has 0 atom stereocenters. The van der Waals surface area contributed by atoms with Crippen LogP contribution < -0.4 is 5.32 Å². The van der Waals surface area contributed by atoms with Crippen molar-refractivity contribution >= 4 is 21.6 Å². The van der Waals surface area contributed by atoms with Crippen molar-refractivity contribution in [2.75, 3.05) is 17.2 Å². The first kappa shape index (κ1) is 8.65. The molecule has 0 unspecified atom stereocenters. The van der Waals surface area contributed by atoms with Gasteiger partial charge in [-0.2, -0.15) is 0 Å². The summed E-state index contributed by atoms with van der Waals surface area (Å²) in [5.41, 5.74) is 3.77. The Hall–Kier alpha value is -0.940. The largest absolute Gasteiger partial charge is 0.384 e. The third-order valence-corrected chi connectivity index (χ3v) is 2.39. The van der Waals surface area contributed by atoms with Crippen LogP contribution in [0.15, 0.2) is 18.2 Å². The maximum Gasteiger partial charge on any atom is 0.0649 e. The minimum Gasteiger partial charge on any atom is -0.384 e. The molecule has 0 fully saturated rings. The van der Waals surface area contributed by atoms with Crippen LogP contribution in [0.4, 0.5) is 5.69 Å². The Morgan fingerprint density at radius 3 is 3.23 bits per heavy atom. The molecule has 1 heterocycles. The highest BCUT2D eigenvalue weighted by molar-refractivity contribution is 9.09. The van der Waals surface area contributed by atoms with E-state index < -0.39 is 0 Å². The Kier molecular flexibility index (Phi) is 2.56.